The fourth-order valence-corrected chi connectivity index (χ4v) is 2.96. The van der Waals surface area contributed by atoms with E-state index in [1.54, 1.807) is 6.33 Å². The van der Waals surface area contributed by atoms with Gasteiger partial charge < -0.3 is 9.72 Å². The number of H-pyrrole nitrogens is 1. The molecular weight excluding hydrogens is 264 g/mol. The molecule has 2 unspecified atom stereocenters. The first-order valence-corrected chi connectivity index (χ1v) is 7.19. The Morgan fingerprint density at radius 2 is 2.21 bits per heavy atom. The Morgan fingerprint density at radius 3 is 3.05 bits per heavy atom. The maximum Gasteiger partial charge on any atom is 0.244 e. The van der Waals surface area contributed by atoms with E-state index < -0.39 is 0 Å². The monoisotopic (exact) mass is 280 g/mol. The zero-order valence-corrected chi connectivity index (χ0v) is 11.7. The fourth-order valence-electron chi connectivity index (χ4n) is 2.81. The van der Waals surface area contributed by atoms with Crippen LogP contribution in [0.4, 0.5) is 0 Å². The second-order valence-corrected chi connectivity index (χ2v) is 5.35. The highest BCUT2D eigenvalue weighted by atomic mass is 35.5. The molecule has 2 atom stereocenters. The molecule has 1 N–H and O–H groups in total. The highest BCUT2D eigenvalue weighted by Gasteiger charge is 2.26. The molecule has 1 fully saturated rings. The zero-order valence-electron chi connectivity index (χ0n) is 10.9. The lowest BCUT2D eigenvalue weighted by Gasteiger charge is -2.30. The molecule has 1 saturated carbocycles. The van der Waals surface area contributed by atoms with E-state index in [0.717, 1.165) is 18.4 Å². The maximum absolute atomic E-state index is 6.10. The number of rotatable bonds is 3. The highest BCUT2D eigenvalue weighted by Crippen LogP contribution is 2.31. The molecule has 1 aliphatic carbocycles. The zero-order chi connectivity index (χ0) is 13.2. The van der Waals surface area contributed by atoms with Gasteiger partial charge in [-0.1, -0.05) is 13.3 Å². The van der Waals surface area contributed by atoms with Crippen molar-refractivity contribution in [1.29, 1.82) is 0 Å². The van der Waals surface area contributed by atoms with Gasteiger partial charge in [-0.3, -0.25) is 0 Å². The molecule has 6 heteroatoms. The van der Waals surface area contributed by atoms with Crippen LogP contribution in [0.15, 0.2) is 6.33 Å². The third-order valence-corrected chi connectivity index (χ3v) is 4.02. The Morgan fingerprint density at radius 1 is 1.37 bits per heavy atom. The van der Waals surface area contributed by atoms with Gasteiger partial charge in [-0.05, 0) is 43.2 Å². The van der Waals surface area contributed by atoms with Crippen molar-refractivity contribution in [2.75, 3.05) is 0 Å². The van der Waals surface area contributed by atoms with E-state index in [2.05, 4.69) is 26.9 Å². The van der Waals surface area contributed by atoms with Crippen molar-refractivity contribution < 1.29 is 4.74 Å². The number of hydrogen-bond acceptors (Lipinski definition) is 4. The quantitative estimate of drug-likeness (QED) is 0.876. The second kappa shape index (κ2) is 5.33. The summed E-state index contributed by atoms with van der Waals surface area (Å²) >= 11 is 5.91. The lowest BCUT2D eigenvalue weighted by Crippen LogP contribution is -2.30. The van der Waals surface area contributed by atoms with Gasteiger partial charge in [-0.2, -0.15) is 9.97 Å². The minimum absolute atomic E-state index is 0.179. The summed E-state index contributed by atoms with van der Waals surface area (Å²) in [6.45, 7) is 2.21. The normalized spacial score (nSPS) is 23.7. The Kier molecular flexibility index (Phi) is 3.55. The molecule has 0 spiro atoms. The summed E-state index contributed by atoms with van der Waals surface area (Å²) in [5, 5.41) is 0.179. The van der Waals surface area contributed by atoms with Crippen molar-refractivity contribution in [1.82, 2.24) is 19.9 Å². The van der Waals surface area contributed by atoms with Crippen LogP contribution in [0.5, 0.6) is 5.88 Å². The molecule has 2 aromatic heterocycles. The van der Waals surface area contributed by atoms with Gasteiger partial charge in [0.15, 0.2) is 5.65 Å². The summed E-state index contributed by atoms with van der Waals surface area (Å²) in [5.74, 6) is 1.12. The van der Waals surface area contributed by atoms with Gasteiger partial charge in [-0.15, -0.1) is 0 Å². The predicted octanol–water partition coefficient (Wildman–Crippen LogP) is 3.35. The number of imidazole rings is 1. The lowest BCUT2D eigenvalue weighted by atomic mass is 9.85. The van der Waals surface area contributed by atoms with Crippen LogP contribution in [0, 0.1) is 5.92 Å². The second-order valence-electron chi connectivity index (χ2n) is 5.01. The van der Waals surface area contributed by atoms with Crippen molar-refractivity contribution in [3.63, 3.8) is 0 Å². The molecular formula is C13H17ClN4O. The van der Waals surface area contributed by atoms with Crippen molar-refractivity contribution in [3.05, 3.63) is 11.6 Å². The number of aromatic nitrogens is 4. The largest absolute Gasteiger partial charge is 0.472 e. The Labute approximate surface area is 116 Å². The van der Waals surface area contributed by atoms with Crippen molar-refractivity contribution in [3.8, 4) is 5.88 Å². The molecule has 0 saturated heterocycles. The molecule has 0 aliphatic heterocycles. The van der Waals surface area contributed by atoms with Crippen LogP contribution in [-0.4, -0.2) is 26.0 Å². The molecule has 0 aromatic carbocycles. The van der Waals surface area contributed by atoms with Gasteiger partial charge in [-0.25, -0.2) is 4.98 Å². The smallest absolute Gasteiger partial charge is 0.244 e. The average molecular weight is 281 g/mol. The van der Waals surface area contributed by atoms with Crippen LogP contribution in [-0.2, 0) is 0 Å². The summed E-state index contributed by atoms with van der Waals surface area (Å²) in [6, 6.07) is 0. The summed E-state index contributed by atoms with van der Waals surface area (Å²) in [7, 11) is 0. The summed E-state index contributed by atoms with van der Waals surface area (Å²) < 4.78 is 6.10. The van der Waals surface area contributed by atoms with Gasteiger partial charge in [0, 0.05) is 0 Å². The van der Waals surface area contributed by atoms with Crippen molar-refractivity contribution in [2.24, 2.45) is 5.92 Å². The first-order chi connectivity index (χ1) is 9.28. The Hall–Kier alpha value is -1.36. The third kappa shape index (κ3) is 2.52. The molecule has 19 heavy (non-hydrogen) atoms. The number of aromatic amines is 1. The number of nitrogens with zero attached hydrogens (tertiary/aromatic N) is 3. The van der Waals surface area contributed by atoms with E-state index >= 15 is 0 Å². The van der Waals surface area contributed by atoms with E-state index in [0.29, 0.717) is 17.4 Å². The molecule has 5 nitrogen and oxygen atoms in total. The van der Waals surface area contributed by atoms with Gasteiger partial charge in [0.25, 0.3) is 0 Å². The van der Waals surface area contributed by atoms with Gasteiger partial charge in [0.1, 0.15) is 11.6 Å². The van der Waals surface area contributed by atoms with Gasteiger partial charge in [0.05, 0.1) is 6.33 Å². The van der Waals surface area contributed by atoms with E-state index in [4.69, 9.17) is 16.3 Å². The van der Waals surface area contributed by atoms with E-state index in [1.165, 1.54) is 19.3 Å². The standard InChI is InChI=1S/C13H17ClN4O/c1-2-8-5-3-4-6-9(8)19-12-10-11(16-7-15-10)17-13(14)18-12/h7-9H,2-6H2,1H3,(H,15,16,17,18). The van der Waals surface area contributed by atoms with Crippen LogP contribution in [0.25, 0.3) is 11.2 Å². The van der Waals surface area contributed by atoms with Gasteiger partial charge in [0.2, 0.25) is 11.2 Å². The third-order valence-electron chi connectivity index (χ3n) is 3.85. The Balaban J connectivity index is 1.89. The molecule has 0 amide bonds. The maximum atomic E-state index is 6.10. The van der Waals surface area contributed by atoms with Crippen LogP contribution < -0.4 is 4.74 Å². The predicted molar refractivity (Wildman–Crippen MR) is 73.4 cm³/mol. The van der Waals surface area contributed by atoms with Crippen molar-refractivity contribution >= 4 is 22.8 Å². The summed E-state index contributed by atoms with van der Waals surface area (Å²) in [6.07, 6.45) is 7.75. The lowest BCUT2D eigenvalue weighted by molar-refractivity contribution is 0.0872. The van der Waals surface area contributed by atoms with E-state index in [-0.39, 0.29) is 11.4 Å². The number of halogens is 1. The summed E-state index contributed by atoms with van der Waals surface area (Å²) in [5.41, 5.74) is 1.28. The van der Waals surface area contributed by atoms with Crippen LogP contribution >= 0.6 is 11.6 Å². The van der Waals surface area contributed by atoms with E-state index in [9.17, 15) is 0 Å². The number of fused-ring (bicyclic) bond motifs is 1. The molecule has 3 rings (SSSR count). The van der Waals surface area contributed by atoms with Crippen molar-refractivity contribution in [2.45, 2.75) is 45.1 Å². The fraction of sp³-hybridized carbons (Fsp3) is 0.615. The number of hydrogen-bond donors (Lipinski definition) is 1. The topological polar surface area (TPSA) is 63.7 Å². The summed E-state index contributed by atoms with van der Waals surface area (Å²) in [4.78, 5) is 15.4. The number of nitrogens with one attached hydrogen (secondary N) is 1. The van der Waals surface area contributed by atoms with Gasteiger partial charge >= 0.3 is 0 Å². The molecule has 1 aliphatic rings. The minimum Gasteiger partial charge on any atom is -0.472 e. The number of ether oxygens (including phenoxy) is 1. The molecule has 2 heterocycles. The van der Waals surface area contributed by atoms with Crippen LogP contribution in [0.2, 0.25) is 5.28 Å². The van der Waals surface area contributed by atoms with Crippen LogP contribution in [0.1, 0.15) is 39.0 Å². The molecule has 0 bridgehead atoms. The first kappa shape index (κ1) is 12.7. The minimum atomic E-state index is 0.179. The highest BCUT2D eigenvalue weighted by molar-refractivity contribution is 6.28. The molecule has 0 radical (unpaired) electrons. The first-order valence-electron chi connectivity index (χ1n) is 6.81. The van der Waals surface area contributed by atoms with E-state index in [1.807, 2.05) is 0 Å². The average Bonchev–Trinajstić information content (AvgIpc) is 2.87. The molecule has 2 aromatic rings. The Bertz CT molecular complexity index is 571. The van der Waals surface area contributed by atoms with Crippen LogP contribution in [0.3, 0.4) is 0 Å². The SMILES string of the molecule is CCC1CCCCC1Oc1nc(Cl)nc2nc[nH]c12. The molecule has 102 valence electrons.